The van der Waals surface area contributed by atoms with Crippen LogP contribution in [0, 0.1) is 0 Å². The lowest BCUT2D eigenvalue weighted by molar-refractivity contribution is -0.0453. The third-order valence-electron chi connectivity index (χ3n) is 3.74. The Balaban J connectivity index is 1.80. The van der Waals surface area contributed by atoms with Crippen LogP contribution < -0.4 is 4.74 Å². The smallest absolute Gasteiger partial charge is 0.281 e. The summed E-state index contributed by atoms with van der Waals surface area (Å²) in [6, 6.07) is 9.52. The normalized spacial score (nSPS) is 23.1. The summed E-state index contributed by atoms with van der Waals surface area (Å²) in [5.74, 6) is 0.800. The summed E-state index contributed by atoms with van der Waals surface area (Å²) in [6.07, 6.45) is 0.478. The second kappa shape index (κ2) is 8.10. The fourth-order valence-corrected chi connectivity index (χ4v) is 4.18. The summed E-state index contributed by atoms with van der Waals surface area (Å²) >= 11 is 0. The Bertz CT molecular complexity index is 569. The average Bonchev–Trinajstić information content (AvgIpc) is 2.51. The third kappa shape index (κ3) is 5.17. The van der Waals surface area contributed by atoms with Crippen LogP contribution >= 0.6 is 0 Å². The van der Waals surface area contributed by atoms with Gasteiger partial charge in [-0.25, -0.2) is 0 Å². The Morgan fingerprint density at radius 1 is 1.22 bits per heavy atom. The van der Waals surface area contributed by atoms with Crippen molar-refractivity contribution in [2.45, 2.75) is 32.5 Å². The first-order valence-electron chi connectivity index (χ1n) is 7.94. The maximum absolute atomic E-state index is 12.6. The van der Waals surface area contributed by atoms with Crippen molar-refractivity contribution in [1.82, 2.24) is 8.61 Å². The molecule has 0 saturated carbocycles. The van der Waals surface area contributed by atoms with Gasteiger partial charge in [-0.2, -0.15) is 17.0 Å². The highest BCUT2D eigenvalue weighted by Gasteiger charge is 2.33. The summed E-state index contributed by atoms with van der Waals surface area (Å²) in [5, 5.41) is 0. The number of hydrogen-bond donors (Lipinski definition) is 0. The Kier molecular flexibility index (Phi) is 6.41. The van der Waals surface area contributed by atoms with E-state index in [1.165, 1.54) is 8.61 Å². The second-order valence-electron chi connectivity index (χ2n) is 5.92. The molecule has 0 radical (unpaired) electrons. The molecule has 1 fully saturated rings. The Morgan fingerprint density at radius 3 is 2.43 bits per heavy atom. The summed E-state index contributed by atoms with van der Waals surface area (Å²) in [6.45, 7) is 5.50. The molecule has 7 heteroatoms. The first-order chi connectivity index (χ1) is 10.9. The van der Waals surface area contributed by atoms with E-state index in [0.29, 0.717) is 32.7 Å². The van der Waals surface area contributed by atoms with E-state index < -0.39 is 10.2 Å². The lowest BCUT2D eigenvalue weighted by Crippen LogP contribution is -2.52. The predicted molar refractivity (Wildman–Crippen MR) is 89.7 cm³/mol. The minimum atomic E-state index is -3.44. The van der Waals surface area contributed by atoms with Gasteiger partial charge in [0.1, 0.15) is 5.75 Å². The Labute approximate surface area is 139 Å². The van der Waals surface area contributed by atoms with Gasteiger partial charge in [0.05, 0.1) is 18.8 Å². The highest BCUT2D eigenvalue weighted by Crippen LogP contribution is 2.17. The SMILES string of the molecule is CC1CN(S(=O)(=O)N(C)CCCOc2ccccc2)CC(C)O1. The highest BCUT2D eigenvalue weighted by molar-refractivity contribution is 7.86. The van der Waals surface area contributed by atoms with E-state index in [4.69, 9.17) is 9.47 Å². The van der Waals surface area contributed by atoms with E-state index in [-0.39, 0.29) is 12.2 Å². The molecule has 0 aliphatic carbocycles. The molecule has 0 spiro atoms. The van der Waals surface area contributed by atoms with Crippen molar-refractivity contribution >= 4 is 10.2 Å². The van der Waals surface area contributed by atoms with E-state index in [2.05, 4.69) is 0 Å². The number of ether oxygens (including phenoxy) is 2. The van der Waals surface area contributed by atoms with Crippen LogP contribution in [-0.4, -0.2) is 62.5 Å². The molecule has 1 aliphatic heterocycles. The fraction of sp³-hybridized carbons (Fsp3) is 0.625. The average molecular weight is 342 g/mol. The summed E-state index contributed by atoms with van der Waals surface area (Å²) in [5.41, 5.74) is 0. The van der Waals surface area contributed by atoms with Crippen molar-refractivity contribution < 1.29 is 17.9 Å². The molecule has 1 aromatic carbocycles. The number of morpholine rings is 1. The predicted octanol–water partition coefficient (Wildman–Crippen LogP) is 1.74. The van der Waals surface area contributed by atoms with Crippen molar-refractivity contribution in [2.75, 3.05) is 33.3 Å². The molecule has 1 aliphatic rings. The van der Waals surface area contributed by atoms with Crippen LogP contribution in [0.5, 0.6) is 5.75 Å². The van der Waals surface area contributed by atoms with Crippen molar-refractivity contribution in [3.8, 4) is 5.75 Å². The second-order valence-corrected chi connectivity index (χ2v) is 7.95. The van der Waals surface area contributed by atoms with Gasteiger partial charge in [0.15, 0.2) is 0 Å². The quantitative estimate of drug-likeness (QED) is 0.708. The maximum Gasteiger partial charge on any atom is 0.281 e. The standard InChI is InChI=1S/C16H26N2O4S/c1-14-12-18(13-15(2)22-14)23(19,20)17(3)10-7-11-21-16-8-5-4-6-9-16/h4-6,8-9,14-15H,7,10-13H2,1-3H3. The molecule has 0 bridgehead atoms. The summed E-state index contributed by atoms with van der Waals surface area (Å²) < 4.78 is 39.3. The van der Waals surface area contributed by atoms with Gasteiger partial charge in [-0.1, -0.05) is 18.2 Å². The van der Waals surface area contributed by atoms with Crippen LogP contribution in [0.4, 0.5) is 0 Å². The van der Waals surface area contributed by atoms with Crippen LogP contribution in [0.3, 0.4) is 0 Å². The number of hydrogen-bond acceptors (Lipinski definition) is 4. The Hall–Kier alpha value is -1.15. The van der Waals surface area contributed by atoms with Gasteiger partial charge in [-0.15, -0.1) is 0 Å². The maximum atomic E-state index is 12.6. The van der Waals surface area contributed by atoms with E-state index in [1.807, 2.05) is 44.2 Å². The van der Waals surface area contributed by atoms with Gasteiger partial charge in [-0.05, 0) is 32.4 Å². The molecule has 23 heavy (non-hydrogen) atoms. The van der Waals surface area contributed by atoms with Crippen molar-refractivity contribution in [3.05, 3.63) is 30.3 Å². The van der Waals surface area contributed by atoms with Crippen LogP contribution in [0.25, 0.3) is 0 Å². The van der Waals surface area contributed by atoms with Crippen LogP contribution in [0.2, 0.25) is 0 Å². The summed E-state index contributed by atoms with van der Waals surface area (Å²) in [4.78, 5) is 0. The lowest BCUT2D eigenvalue weighted by atomic mass is 10.3. The first-order valence-corrected chi connectivity index (χ1v) is 9.34. The molecule has 2 rings (SSSR count). The lowest BCUT2D eigenvalue weighted by Gasteiger charge is -2.36. The molecule has 0 amide bonds. The van der Waals surface area contributed by atoms with Crippen LogP contribution in [-0.2, 0) is 14.9 Å². The van der Waals surface area contributed by atoms with E-state index in [9.17, 15) is 8.42 Å². The highest BCUT2D eigenvalue weighted by atomic mass is 32.2. The molecule has 1 heterocycles. The molecule has 2 unspecified atom stereocenters. The van der Waals surface area contributed by atoms with E-state index in [0.717, 1.165) is 5.75 Å². The van der Waals surface area contributed by atoms with E-state index in [1.54, 1.807) is 7.05 Å². The first kappa shape index (κ1) is 18.2. The molecule has 6 nitrogen and oxygen atoms in total. The monoisotopic (exact) mass is 342 g/mol. The zero-order valence-electron chi connectivity index (χ0n) is 14.0. The van der Waals surface area contributed by atoms with E-state index >= 15 is 0 Å². The van der Waals surface area contributed by atoms with Crippen LogP contribution in [0.15, 0.2) is 30.3 Å². The number of nitrogens with zero attached hydrogens (tertiary/aromatic N) is 2. The van der Waals surface area contributed by atoms with Crippen LogP contribution in [0.1, 0.15) is 20.3 Å². The topological polar surface area (TPSA) is 59.1 Å². The van der Waals surface area contributed by atoms with Gasteiger partial charge >= 0.3 is 0 Å². The van der Waals surface area contributed by atoms with Gasteiger partial charge in [0, 0.05) is 26.7 Å². The van der Waals surface area contributed by atoms with Crippen molar-refractivity contribution in [1.29, 1.82) is 0 Å². The zero-order chi connectivity index (χ0) is 16.9. The largest absolute Gasteiger partial charge is 0.494 e. The molecule has 1 saturated heterocycles. The van der Waals surface area contributed by atoms with Gasteiger partial charge in [0.2, 0.25) is 0 Å². The van der Waals surface area contributed by atoms with Crippen molar-refractivity contribution in [3.63, 3.8) is 0 Å². The summed E-state index contributed by atoms with van der Waals surface area (Å²) in [7, 11) is -1.83. The minimum Gasteiger partial charge on any atom is -0.494 e. The molecule has 0 N–H and O–H groups in total. The fourth-order valence-electron chi connectivity index (χ4n) is 2.63. The molecule has 2 atom stereocenters. The molecule has 1 aromatic rings. The van der Waals surface area contributed by atoms with Gasteiger partial charge in [-0.3, -0.25) is 0 Å². The molecular formula is C16H26N2O4S. The number of benzene rings is 1. The Morgan fingerprint density at radius 2 is 1.83 bits per heavy atom. The molecule has 130 valence electrons. The third-order valence-corrected chi connectivity index (χ3v) is 5.66. The molecule has 0 aromatic heterocycles. The number of para-hydroxylation sites is 1. The zero-order valence-corrected chi connectivity index (χ0v) is 14.8. The number of rotatable bonds is 7. The minimum absolute atomic E-state index is 0.0802. The van der Waals surface area contributed by atoms with Gasteiger partial charge in [0.25, 0.3) is 10.2 Å². The molecular weight excluding hydrogens is 316 g/mol. The van der Waals surface area contributed by atoms with Crippen molar-refractivity contribution in [2.24, 2.45) is 0 Å². The van der Waals surface area contributed by atoms with Gasteiger partial charge < -0.3 is 9.47 Å².